The Morgan fingerprint density at radius 1 is 0.844 bits per heavy atom. The fraction of sp³-hybridized carbons (Fsp3) is 0.350. The predicted molar refractivity (Wildman–Crippen MR) is 90.1 cm³/mol. The zero-order valence-electron chi connectivity index (χ0n) is 20.6. The summed E-state index contributed by atoms with van der Waals surface area (Å²) in [5.41, 5.74) is 5.00. The number of benzene rings is 2. The molecule has 1 nitrogen and oxygen atoms in total. The summed E-state index contributed by atoms with van der Waals surface area (Å²) in [7, 11) is 0. The Morgan fingerprint density at radius 3 is 1.84 bits per heavy atom. The van der Waals surface area contributed by atoms with Crippen molar-refractivity contribution in [2.75, 3.05) is 4.90 Å². The van der Waals surface area contributed by atoms with Crippen LogP contribution >= 0.6 is 0 Å². The molecule has 143 valence electrons. The van der Waals surface area contributed by atoms with Gasteiger partial charge in [0, 0.05) is 377 Å². The average molecular weight is 1260 g/mol. The van der Waals surface area contributed by atoms with Crippen LogP contribution in [0.3, 0.4) is 0 Å². The van der Waals surface area contributed by atoms with E-state index in [0.29, 0.717) is 23.9 Å². The van der Waals surface area contributed by atoms with Gasteiger partial charge < -0.3 is 11.3 Å². The second kappa shape index (κ2) is 35.9. The van der Waals surface area contributed by atoms with Gasteiger partial charge in [0.2, 0.25) is 0 Å². The van der Waals surface area contributed by atoms with E-state index in [-0.39, 0.29) is 360 Å². The van der Waals surface area contributed by atoms with Gasteiger partial charge in [-0.2, -0.15) is 36.6 Å². The van der Waals surface area contributed by atoms with Crippen LogP contribution in [0.5, 0.6) is 0 Å². The molecule has 3 atom stereocenters. The van der Waals surface area contributed by atoms with E-state index in [1.165, 1.54) is 22.5 Å². The molecule has 0 spiro atoms. The minimum Gasteiger partial charge on any atom is -0.392 e. The first-order chi connectivity index (χ1) is 10.5. The van der Waals surface area contributed by atoms with Gasteiger partial charge in [-0.1, -0.05) is 37.7 Å². The maximum atomic E-state index is 7.90. The van der Waals surface area contributed by atoms with E-state index in [2.05, 4.69) is 63.3 Å². The van der Waals surface area contributed by atoms with Crippen LogP contribution in [0, 0.1) is 12.5 Å². The molecule has 1 heterocycles. The van der Waals surface area contributed by atoms with Crippen LogP contribution in [-0.4, -0.2) is 6.04 Å². The van der Waals surface area contributed by atoms with E-state index >= 15 is 0 Å². The van der Waals surface area contributed by atoms with Crippen molar-refractivity contribution in [3.63, 3.8) is 0 Å². The van der Waals surface area contributed by atoms with Gasteiger partial charge in [-0.05, 0) is 18.6 Å². The molecule has 12 heteroatoms. The summed E-state index contributed by atoms with van der Waals surface area (Å²) < 4.78 is 7.90. The minimum absolute atomic E-state index is 0. The molecular formula is C20H23NY11-2. The van der Waals surface area contributed by atoms with E-state index < -0.39 is 0 Å². The molecule has 0 fully saturated rings. The Labute approximate surface area is 475 Å². The van der Waals surface area contributed by atoms with Crippen molar-refractivity contribution < 1.29 is 361 Å². The third-order valence-corrected chi connectivity index (χ3v) is 4.83. The molecule has 0 N–H and O–H groups in total. The molecule has 3 rings (SSSR count). The molecule has 0 bridgehead atoms. The average Bonchev–Trinajstić information content (AvgIpc) is 2.78. The van der Waals surface area contributed by atoms with Gasteiger partial charge in [-0.15, -0.1) is 6.07 Å². The smallest absolute Gasteiger partial charge is 0.0623 e. The van der Waals surface area contributed by atoms with Crippen molar-refractivity contribution >= 4 is 11.4 Å². The standard InChI is InChI=1S/C20H23N.11Y/c1-5-14(2)17-10-6-8-12-19(17)21-16(4)15(3)18-11-7-9-13-20(18)21;;;;;;;;;;;/h5-9,11-16H,1-4H3;;;;;;;;;;;/q-2;;;;;;;;;;;/t14-,15-,16+;;;;;;;;;;;/m1.........../s1/i7T;;;;;;;;;;;. The molecule has 0 aromatic heterocycles. The van der Waals surface area contributed by atoms with Gasteiger partial charge in [0.15, 0.2) is 0 Å². The summed E-state index contributed by atoms with van der Waals surface area (Å²) >= 11 is 0. The molecule has 1 aliphatic rings. The Bertz CT molecular complexity index is 709. The van der Waals surface area contributed by atoms with Crippen LogP contribution in [0.4, 0.5) is 11.4 Å². The predicted octanol–water partition coefficient (Wildman–Crippen LogP) is 5.43. The van der Waals surface area contributed by atoms with Crippen molar-refractivity contribution in [2.24, 2.45) is 0 Å². The molecule has 32 heavy (non-hydrogen) atoms. The number of hydrogen-bond acceptors (Lipinski definition) is 1. The zero-order valence-corrected chi connectivity index (χ0v) is 50.8. The number of fused-ring (bicyclic) bond motifs is 1. The van der Waals surface area contributed by atoms with Crippen LogP contribution in [0.2, 0.25) is 0 Å². The summed E-state index contributed by atoms with van der Waals surface area (Å²) in [6.07, 6.45) is 2.22. The molecule has 0 saturated heterocycles. The number of para-hydroxylation sites is 1. The van der Waals surface area contributed by atoms with Gasteiger partial charge in [-0.25, -0.2) is 0 Å². The summed E-state index contributed by atoms with van der Waals surface area (Å²) in [5.74, 6) is 0.799. The van der Waals surface area contributed by atoms with Gasteiger partial charge >= 0.3 is 0 Å². The van der Waals surface area contributed by atoms with Crippen molar-refractivity contribution in [1.82, 2.24) is 0 Å². The number of hydrogen-bond donors (Lipinski definition) is 0. The zero-order chi connectivity index (χ0) is 15.9. The van der Waals surface area contributed by atoms with Gasteiger partial charge in [-0.3, -0.25) is 0 Å². The molecule has 0 unspecified atom stereocenters. The number of nitrogens with zero attached hydrogens (tertiary/aromatic N) is 1. The molecule has 2 aromatic rings. The molecule has 0 aliphatic carbocycles. The third kappa shape index (κ3) is 18.4. The minimum atomic E-state index is 0. The van der Waals surface area contributed by atoms with Crippen molar-refractivity contribution in [3.8, 4) is 0 Å². The van der Waals surface area contributed by atoms with E-state index in [4.69, 9.17) is 1.37 Å². The molecule has 11 radical (unpaired) electrons. The SMILES string of the molecule is [3H]c1ccc2c(c1)[C@H](C)[C@H](C)N2c1ccc[c-]c1[C@H](C)[CH-]C.[Y].[Y].[Y].[Y].[Y].[Y].[Y].[Y].[Y].[Y].[Y]. The van der Waals surface area contributed by atoms with Crippen LogP contribution < -0.4 is 4.90 Å². The van der Waals surface area contributed by atoms with Crippen molar-refractivity contribution in [1.29, 1.82) is 0 Å². The largest absolute Gasteiger partial charge is 0.392 e. The maximum absolute atomic E-state index is 7.90. The summed E-state index contributed by atoms with van der Waals surface area (Å²) in [6.45, 7) is 8.84. The Kier molecular flexibility index (Phi) is 68.8. The quantitative estimate of drug-likeness (QED) is 0.372. The van der Waals surface area contributed by atoms with Crippen LogP contribution in [0.25, 0.3) is 0 Å². The fourth-order valence-electron chi connectivity index (χ4n) is 3.25. The second-order valence-electron chi connectivity index (χ2n) is 5.98. The van der Waals surface area contributed by atoms with E-state index in [1.54, 1.807) is 0 Å². The summed E-state index contributed by atoms with van der Waals surface area (Å²) in [4.78, 5) is 2.42. The normalized spacial score (nSPS) is 15.0. The fourth-order valence-corrected chi connectivity index (χ4v) is 3.25. The van der Waals surface area contributed by atoms with Crippen molar-refractivity contribution in [2.45, 2.75) is 45.6 Å². The summed E-state index contributed by atoms with van der Waals surface area (Å²) in [5, 5.41) is 0. The van der Waals surface area contributed by atoms with E-state index in [9.17, 15) is 0 Å². The van der Waals surface area contributed by atoms with Crippen LogP contribution in [-0.2, 0) is 360 Å². The second-order valence-corrected chi connectivity index (χ2v) is 5.98. The van der Waals surface area contributed by atoms with E-state index in [0.717, 1.165) is 0 Å². The van der Waals surface area contributed by atoms with Crippen LogP contribution in [0.1, 0.15) is 52.0 Å². The van der Waals surface area contributed by atoms with Crippen LogP contribution in [0.15, 0.2) is 42.4 Å². The molecule has 2 aromatic carbocycles. The van der Waals surface area contributed by atoms with Gasteiger partial charge in [0.1, 0.15) is 0 Å². The first-order valence-corrected chi connectivity index (χ1v) is 7.74. The Morgan fingerprint density at radius 2 is 1.34 bits per heavy atom. The van der Waals surface area contributed by atoms with Crippen molar-refractivity contribution in [3.05, 3.63) is 66.1 Å². The molecule has 0 saturated carbocycles. The number of anilines is 2. The number of rotatable bonds is 3. The van der Waals surface area contributed by atoms with Gasteiger partial charge in [0.25, 0.3) is 0 Å². The van der Waals surface area contributed by atoms with Gasteiger partial charge in [0.05, 0.1) is 1.37 Å². The molecular weight excluding hydrogens is 1230 g/mol. The topological polar surface area (TPSA) is 3.24 Å². The molecule has 0 amide bonds. The maximum Gasteiger partial charge on any atom is 0.0623 e. The monoisotopic (exact) mass is 1260 g/mol. The summed E-state index contributed by atoms with van der Waals surface area (Å²) in [6, 6.07) is 16.7. The van der Waals surface area contributed by atoms with E-state index in [1.807, 2.05) is 18.2 Å². The third-order valence-electron chi connectivity index (χ3n) is 4.83. The first kappa shape index (κ1) is 61.4. The molecule has 1 aliphatic heterocycles. The first-order valence-electron chi connectivity index (χ1n) is 8.24. The Balaban J connectivity index is -0.0000000748. The Hall–Kier alpha value is 10.4.